The second-order valence-electron chi connectivity index (χ2n) is 4.19. The van der Waals surface area contributed by atoms with E-state index in [1.54, 1.807) is 24.5 Å². The van der Waals surface area contributed by atoms with Gasteiger partial charge in [0.2, 0.25) is 15.8 Å². The minimum Gasteiger partial charge on any atom is -0.490 e. The molecule has 2 aromatic rings. The molecule has 8 heteroatoms. The highest BCUT2D eigenvalue weighted by molar-refractivity contribution is 7.89. The summed E-state index contributed by atoms with van der Waals surface area (Å²) in [5.74, 6) is -3.29. The molecule has 5 nitrogen and oxygen atoms in total. The van der Waals surface area contributed by atoms with Crippen LogP contribution in [-0.4, -0.2) is 20.0 Å². The molecule has 0 aliphatic heterocycles. The number of pyridine rings is 1. The molecule has 1 aromatic carbocycles. The van der Waals surface area contributed by atoms with Crippen molar-refractivity contribution >= 4 is 10.0 Å². The number of sulfonamides is 1. The van der Waals surface area contributed by atoms with Gasteiger partial charge in [-0.25, -0.2) is 17.9 Å². The van der Waals surface area contributed by atoms with Gasteiger partial charge in [0.25, 0.3) is 0 Å². The first-order chi connectivity index (χ1) is 9.89. The molecule has 0 aliphatic rings. The zero-order valence-corrected chi connectivity index (χ0v) is 11.6. The van der Waals surface area contributed by atoms with Gasteiger partial charge in [-0.2, -0.15) is 4.39 Å². The number of nitrogens with two attached hydrogens (primary N) is 1. The van der Waals surface area contributed by atoms with Gasteiger partial charge in [-0.3, -0.25) is 4.98 Å². The van der Waals surface area contributed by atoms with E-state index in [0.717, 1.165) is 17.7 Å². The van der Waals surface area contributed by atoms with Crippen molar-refractivity contribution in [1.29, 1.82) is 0 Å². The molecular weight excluding hydrogens is 302 g/mol. The molecule has 0 bridgehead atoms. The highest BCUT2D eigenvalue weighted by Gasteiger charge is 2.21. The Labute approximate surface area is 120 Å². The molecule has 0 saturated carbocycles. The van der Waals surface area contributed by atoms with E-state index in [2.05, 4.69) is 4.98 Å². The van der Waals surface area contributed by atoms with E-state index >= 15 is 0 Å². The summed E-state index contributed by atoms with van der Waals surface area (Å²) in [4.78, 5) is 2.95. The number of halogens is 2. The van der Waals surface area contributed by atoms with Crippen LogP contribution in [0.4, 0.5) is 8.78 Å². The molecule has 21 heavy (non-hydrogen) atoms. The molecule has 1 heterocycles. The number of primary sulfonamides is 1. The summed E-state index contributed by atoms with van der Waals surface area (Å²) in [6, 6.07) is 5.44. The van der Waals surface area contributed by atoms with Gasteiger partial charge in [0, 0.05) is 18.8 Å². The molecule has 0 atom stereocenters. The fraction of sp³-hybridized carbons (Fsp3) is 0.154. The van der Waals surface area contributed by atoms with Crippen LogP contribution in [0.1, 0.15) is 5.56 Å². The van der Waals surface area contributed by atoms with Gasteiger partial charge in [0.1, 0.15) is 4.90 Å². The summed E-state index contributed by atoms with van der Waals surface area (Å²) in [5.41, 5.74) is 0.923. The number of aromatic nitrogens is 1. The first-order valence-electron chi connectivity index (χ1n) is 5.92. The van der Waals surface area contributed by atoms with Gasteiger partial charge in [-0.15, -0.1) is 0 Å². The number of benzene rings is 1. The summed E-state index contributed by atoms with van der Waals surface area (Å²) < 4.78 is 54.5. The molecule has 1 aromatic heterocycles. The van der Waals surface area contributed by atoms with E-state index < -0.39 is 26.6 Å². The molecular formula is C13H12F2N2O3S. The minimum atomic E-state index is -4.31. The van der Waals surface area contributed by atoms with Crippen LogP contribution in [-0.2, 0) is 16.4 Å². The molecule has 0 unspecified atom stereocenters. The molecule has 0 radical (unpaired) electrons. The number of hydrogen-bond acceptors (Lipinski definition) is 4. The second kappa shape index (κ2) is 6.15. The van der Waals surface area contributed by atoms with Crippen molar-refractivity contribution in [3.63, 3.8) is 0 Å². The van der Waals surface area contributed by atoms with Gasteiger partial charge < -0.3 is 4.74 Å². The zero-order chi connectivity index (χ0) is 15.5. The lowest BCUT2D eigenvalue weighted by Crippen LogP contribution is -2.15. The fourth-order valence-corrected chi connectivity index (χ4v) is 2.27. The van der Waals surface area contributed by atoms with Gasteiger partial charge >= 0.3 is 0 Å². The topological polar surface area (TPSA) is 82.3 Å². The zero-order valence-electron chi connectivity index (χ0n) is 10.8. The lowest BCUT2D eigenvalue weighted by atomic mass is 10.2. The van der Waals surface area contributed by atoms with Crippen molar-refractivity contribution in [1.82, 2.24) is 4.98 Å². The van der Waals surface area contributed by atoms with Crippen LogP contribution >= 0.6 is 0 Å². The summed E-state index contributed by atoms with van der Waals surface area (Å²) in [5, 5.41) is 4.77. The van der Waals surface area contributed by atoms with E-state index in [0.29, 0.717) is 6.42 Å². The van der Waals surface area contributed by atoms with Crippen LogP contribution in [0.2, 0.25) is 0 Å². The first-order valence-corrected chi connectivity index (χ1v) is 7.46. The smallest absolute Gasteiger partial charge is 0.241 e. The Morgan fingerprint density at radius 1 is 1.10 bits per heavy atom. The normalized spacial score (nSPS) is 11.4. The van der Waals surface area contributed by atoms with E-state index in [1.807, 2.05) is 0 Å². The summed E-state index contributed by atoms with van der Waals surface area (Å²) in [6.45, 7) is 0.106. The lowest BCUT2D eigenvalue weighted by molar-refractivity contribution is 0.297. The molecule has 0 amide bonds. The van der Waals surface area contributed by atoms with E-state index in [1.165, 1.54) is 0 Å². The highest BCUT2D eigenvalue weighted by atomic mass is 32.2. The third kappa shape index (κ3) is 3.73. The van der Waals surface area contributed by atoms with Crippen molar-refractivity contribution in [2.45, 2.75) is 11.3 Å². The molecule has 0 fully saturated rings. The predicted octanol–water partition coefficient (Wildman–Crippen LogP) is 1.63. The Hall–Kier alpha value is -2.06. The Bertz CT molecular complexity index is 737. The second-order valence-corrected chi connectivity index (χ2v) is 5.72. The number of rotatable bonds is 5. The largest absolute Gasteiger partial charge is 0.490 e. The monoisotopic (exact) mass is 314 g/mol. The molecule has 112 valence electrons. The molecule has 0 saturated heterocycles. The van der Waals surface area contributed by atoms with E-state index in [-0.39, 0.29) is 12.4 Å². The quantitative estimate of drug-likeness (QED) is 0.909. The van der Waals surface area contributed by atoms with Gasteiger partial charge in [-0.1, -0.05) is 0 Å². The van der Waals surface area contributed by atoms with Crippen molar-refractivity contribution in [3.05, 3.63) is 53.9 Å². The van der Waals surface area contributed by atoms with Crippen LogP contribution in [0.25, 0.3) is 0 Å². The Balaban J connectivity index is 2.10. The number of hydrogen-bond donors (Lipinski definition) is 1. The molecule has 0 aliphatic carbocycles. The standard InChI is InChI=1S/C13H12F2N2O3S/c14-12-10(1-2-11(13(12)15)21(16,18)19)20-8-5-9-3-6-17-7-4-9/h1-4,6-7H,5,8H2,(H2,16,18,19). The van der Waals surface area contributed by atoms with Crippen LogP contribution in [0.3, 0.4) is 0 Å². The average molecular weight is 314 g/mol. The van der Waals surface area contributed by atoms with Crippen LogP contribution in [0.15, 0.2) is 41.6 Å². The Kier molecular flexibility index (Phi) is 4.49. The third-order valence-corrected chi connectivity index (χ3v) is 3.64. The van der Waals surface area contributed by atoms with Crippen molar-refractivity contribution < 1.29 is 21.9 Å². The van der Waals surface area contributed by atoms with E-state index in [4.69, 9.17) is 9.88 Å². The van der Waals surface area contributed by atoms with Crippen LogP contribution in [0.5, 0.6) is 5.75 Å². The fourth-order valence-electron chi connectivity index (χ4n) is 1.67. The van der Waals surface area contributed by atoms with Crippen molar-refractivity contribution in [2.75, 3.05) is 6.61 Å². The Morgan fingerprint density at radius 3 is 2.38 bits per heavy atom. The molecule has 0 spiro atoms. The lowest BCUT2D eigenvalue weighted by Gasteiger charge is -2.09. The summed E-state index contributed by atoms with van der Waals surface area (Å²) in [7, 11) is -4.31. The average Bonchev–Trinajstić information content (AvgIpc) is 2.43. The molecule has 2 rings (SSSR count). The SMILES string of the molecule is NS(=O)(=O)c1ccc(OCCc2ccncc2)c(F)c1F. The van der Waals surface area contributed by atoms with Gasteiger partial charge in [0.05, 0.1) is 6.61 Å². The Morgan fingerprint density at radius 2 is 1.76 bits per heavy atom. The van der Waals surface area contributed by atoms with Crippen molar-refractivity contribution in [2.24, 2.45) is 5.14 Å². The molecule has 2 N–H and O–H groups in total. The minimum absolute atomic E-state index is 0.106. The maximum Gasteiger partial charge on any atom is 0.241 e. The van der Waals surface area contributed by atoms with Crippen molar-refractivity contribution in [3.8, 4) is 5.75 Å². The van der Waals surface area contributed by atoms with Gasteiger partial charge in [0.15, 0.2) is 11.6 Å². The van der Waals surface area contributed by atoms with Gasteiger partial charge in [-0.05, 0) is 29.8 Å². The van der Waals surface area contributed by atoms with Crippen LogP contribution in [0, 0.1) is 11.6 Å². The predicted molar refractivity (Wildman–Crippen MR) is 71.2 cm³/mol. The third-order valence-electron chi connectivity index (χ3n) is 2.72. The van der Waals surface area contributed by atoms with E-state index in [9.17, 15) is 17.2 Å². The number of ether oxygens (including phenoxy) is 1. The maximum atomic E-state index is 13.7. The van der Waals surface area contributed by atoms with Crippen LogP contribution < -0.4 is 9.88 Å². The summed E-state index contributed by atoms with van der Waals surface area (Å²) in [6.07, 6.45) is 3.69. The first kappa shape index (κ1) is 15.3. The highest BCUT2D eigenvalue weighted by Crippen LogP contribution is 2.25. The number of nitrogens with zero attached hydrogens (tertiary/aromatic N) is 1. The maximum absolute atomic E-state index is 13.7. The summed E-state index contributed by atoms with van der Waals surface area (Å²) >= 11 is 0.